The Labute approximate surface area is 133 Å². The molecule has 0 atom stereocenters. The van der Waals surface area contributed by atoms with Gasteiger partial charge in [-0.25, -0.2) is 9.36 Å². The maximum atomic E-state index is 12.3. The Morgan fingerprint density at radius 3 is 2.61 bits per heavy atom. The number of aromatic amines is 1. The first kappa shape index (κ1) is 15.4. The van der Waals surface area contributed by atoms with Crippen LogP contribution in [0.4, 0.5) is 5.82 Å². The second-order valence-electron chi connectivity index (χ2n) is 5.51. The zero-order valence-corrected chi connectivity index (χ0v) is 13.3. The van der Waals surface area contributed by atoms with E-state index in [1.54, 1.807) is 31.4 Å². The summed E-state index contributed by atoms with van der Waals surface area (Å²) >= 11 is 0. The molecule has 1 aromatic heterocycles. The highest BCUT2D eigenvalue weighted by Crippen LogP contribution is 2.22. The predicted octanol–water partition coefficient (Wildman–Crippen LogP) is 1.13. The van der Waals surface area contributed by atoms with Gasteiger partial charge < -0.3 is 10.1 Å². The molecule has 0 bridgehead atoms. The minimum Gasteiger partial charge on any atom is -0.497 e. The molecule has 1 aliphatic rings. The number of rotatable bonds is 4. The van der Waals surface area contributed by atoms with E-state index in [1.165, 1.54) is 4.57 Å². The maximum absolute atomic E-state index is 12.3. The summed E-state index contributed by atoms with van der Waals surface area (Å²) in [5.41, 5.74) is 0.485. The van der Waals surface area contributed by atoms with E-state index in [4.69, 9.17) is 4.74 Å². The van der Waals surface area contributed by atoms with Crippen LogP contribution in [0, 0.1) is 0 Å². The standard InChI is InChI=1S/C16H20N4O3/c1-3-8-19-9-13-14(17-10-19)20(16(22)18-15(13)21)11-4-6-12(23-2)7-5-11/h4-7,17H,3,8-10H2,1-2H3,(H,18,21,22). The van der Waals surface area contributed by atoms with E-state index < -0.39 is 5.69 Å². The molecule has 0 aliphatic carbocycles. The first-order valence-electron chi connectivity index (χ1n) is 7.63. The van der Waals surface area contributed by atoms with Crippen LogP contribution < -0.4 is 21.3 Å². The number of hydrogen-bond acceptors (Lipinski definition) is 5. The quantitative estimate of drug-likeness (QED) is 0.884. The molecule has 2 heterocycles. The molecule has 122 valence electrons. The van der Waals surface area contributed by atoms with Crippen LogP contribution in [-0.4, -0.2) is 34.8 Å². The number of anilines is 1. The van der Waals surface area contributed by atoms with Gasteiger partial charge in [-0.15, -0.1) is 0 Å². The first-order valence-corrected chi connectivity index (χ1v) is 7.63. The van der Waals surface area contributed by atoms with Crippen molar-refractivity contribution in [2.75, 3.05) is 25.6 Å². The Kier molecular flexibility index (Phi) is 4.20. The van der Waals surface area contributed by atoms with Gasteiger partial charge in [0.15, 0.2) is 0 Å². The van der Waals surface area contributed by atoms with Gasteiger partial charge in [-0.05, 0) is 37.2 Å². The molecule has 0 radical (unpaired) electrons. The van der Waals surface area contributed by atoms with E-state index in [9.17, 15) is 9.59 Å². The molecule has 1 aliphatic heterocycles. The minimum atomic E-state index is -0.449. The number of nitrogens with one attached hydrogen (secondary N) is 2. The smallest absolute Gasteiger partial charge is 0.334 e. The monoisotopic (exact) mass is 316 g/mol. The van der Waals surface area contributed by atoms with Gasteiger partial charge >= 0.3 is 5.69 Å². The molecule has 0 unspecified atom stereocenters. The van der Waals surface area contributed by atoms with Crippen molar-refractivity contribution >= 4 is 5.82 Å². The molecule has 0 fully saturated rings. The van der Waals surface area contributed by atoms with Crippen molar-refractivity contribution in [1.82, 2.24) is 14.5 Å². The molecule has 7 nitrogen and oxygen atoms in total. The number of hydrogen-bond donors (Lipinski definition) is 2. The zero-order valence-electron chi connectivity index (χ0n) is 13.3. The van der Waals surface area contributed by atoms with E-state index >= 15 is 0 Å². The highest BCUT2D eigenvalue weighted by atomic mass is 16.5. The summed E-state index contributed by atoms with van der Waals surface area (Å²) in [5, 5.41) is 3.21. The van der Waals surface area contributed by atoms with Crippen molar-refractivity contribution in [1.29, 1.82) is 0 Å². The van der Waals surface area contributed by atoms with Gasteiger partial charge in [0.1, 0.15) is 11.6 Å². The lowest BCUT2D eigenvalue weighted by molar-refractivity contribution is 0.273. The van der Waals surface area contributed by atoms with Crippen LogP contribution in [0.2, 0.25) is 0 Å². The topological polar surface area (TPSA) is 79.4 Å². The van der Waals surface area contributed by atoms with Crippen molar-refractivity contribution in [2.45, 2.75) is 19.9 Å². The largest absolute Gasteiger partial charge is 0.497 e. The third-order valence-electron chi connectivity index (χ3n) is 3.93. The Hall–Kier alpha value is -2.54. The molecule has 23 heavy (non-hydrogen) atoms. The molecular weight excluding hydrogens is 296 g/mol. The number of nitrogens with zero attached hydrogens (tertiary/aromatic N) is 2. The van der Waals surface area contributed by atoms with Crippen molar-refractivity contribution in [2.24, 2.45) is 0 Å². The summed E-state index contributed by atoms with van der Waals surface area (Å²) in [6.07, 6.45) is 1.01. The van der Waals surface area contributed by atoms with Crippen LogP contribution >= 0.6 is 0 Å². The van der Waals surface area contributed by atoms with Gasteiger partial charge in [-0.1, -0.05) is 6.92 Å². The van der Waals surface area contributed by atoms with E-state index in [-0.39, 0.29) is 5.56 Å². The normalized spacial score (nSPS) is 14.2. The Morgan fingerprint density at radius 1 is 1.22 bits per heavy atom. The van der Waals surface area contributed by atoms with E-state index in [1.807, 2.05) is 0 Å². The highest BCUT2D eigenvalue weighted by molar-refractivity contribution is 5.52. The van der Waals surface area contributed by atoms with E-state index in [0.717, 1.165) is 13.0 Å². The van der Waals surface area contributed by atoms with Crippen molar-refractivity contribution in [3.63, 3.8) is 0 Å². The highest BCUT2D eigenvalue weighted by Gasteiger charge is 2.22. The third-order valence-corrected chi connectivity index (χ3v) is 3.93. The summed E-state index contributed by atoms with van der Waals surface area (Å²) in [6, 6.07) is 7.15. The van der Waals surface area contributed by atoms with Crippen LogP contribution in [-0.2, 0) is 6.54 Å². The third kappa shape index (κ3) is 2.87. The SMILES string of the molecule is CCCN1CNc2c(c(=O)[nH]c(=O)n2-c2ccc(OC)cc2)C1. The van der Waals surface area contributed by atoms with E-state index in [0.29, 0.717) is 36.0 Å². The number of methoxy groups -OCH3 is 1. The minimum absolute atomic E-state index is 0.330. The predicted molar refractivity (Wildman–Crippen MR) is 88.4 cm³/mol. The summed E-state index contributed by atoms with van der Waals surface area (Å²) in [6.45, 7) is 4.13. The average molecular weight is 316 g/mol. The van der Waals surface area contributed by atoms with Gasteiger partial charge in [0.25, 0.3) is 5.56 Å². The molecule has 0 saturated heterocycles. The summed E-state index contributed by atoms with van der Waals surface area (Å²) < 4.78 is 6.64. The molecule has 1 aromatic carbocycles. The van der Waals surface area contributed by atoms with Gasteiger partial charge in [0, 0.05) is 6.54 Å². The number of ether oxygens (including phenoxy) is 1. The molecule has 0 saturated carbocycles. The Bertz CT molecular complexity index is 808. The molecule has 0 spiro atoms. The molecular formula is C16H20N4O3. The molecule has 0 amide bonds. The number of aromatic nitrogens is 2. The Morgan fingerprint density at radius 2 is 1.96 bits per heavy atom. The zero-order chi connectivity index (χ0) is 16.4. The lowest BCUT2D eigenvalue weighted by Crippen LogP contribution is -2.43. The average Bonchev–Trinajstić information content (AvgIpc) is 2.56. The Balaban J connectivity index is 2.09. The van der Waals surface area contributed by atoms with Crippen LogP contribution in [0.5, 0.6) is 5.75 Å². The lowest BCUT2D eigenvalue weighted by Gasteiger charge is -2.30. The van der Waals surface area contributed by atoms with Crippen LogP contribution in [0.25, 0.3) is 5.69 Å². The second-order valence-corrected chi connectivity index (χ2v) is 5.51. The van der Waals surface area contributed by atoms with Crippen LogP contribution in [0.3, 0.4) is 0 Å². The number of benzene rings is 1. The van der Waals surface area contributed by atoms with Crippen molar-refractivity contribution < 1.29 is 4.74 Å². The summed E-state index contributed by atoms with van der Waals surface area (Å²) in [4.78, 5) is 29.0. The molecule has 2 N–H and O–H groups in total. The first-order chi connectivity index (χ1) is 11.1. The molecule has 2 aromatic rings. The molecule has 3 rings (SSSR count). The van der Waals surface area contributed by atoms with Gasteiger partial charge in [-0.2, -0.15) is 0 Å². The number of fused-ring (bicyclic) bond motifs is 1. The summed E-state index contributed by atoms with van der Waals surface area (Å²) in [5.74, 6) is 1.28. The molecule has 7 heteroatoms. The summed E-state index contributed by atoms with van der Waals surface area (Å²) in [7, 11) is 1.59. The fourth-order valence-electron chi connectivity index (χ4n) is 2.82. The van der Waals surface area contributed by atoms with E-state index in [2.05, 4.69) is 22.1 Å². The fraction of sp³-hybridized carbons (Fsp3) is 0.375. The van der Waals surface area contributed by atoms with Crippen molar-refractivity contribution in [3.05, 3.63) is 50.7 Å². The fourth-order valence-corrected chi connectivity index (χ4v) is 2.82. The van der Waals surface area contributed by atoms with Crippen LogP contribution in [0.15, 0.2) is 33.9 Å². The number of H-pyrrole nitrogens is 1. The maximum Gasteiger partial charge on any atom is 0.334 e. The van der Waals surface area contributed by atoms with Gasteiger partial charge in [0.2, 0.25) is 0 Å². The van der Waals surface area contributed by atoms with Gasteiger partial charge in [-0.3, -0.25) is 14.7 Å². The lowest BCUT2D eigenvalue weighted by atomic mass is 10.2. The van der Waals surface area contributed by atoms with Crippen molar-refractivity contribution in [3.8, 4) is 11.4 Å². The van der Waals surface area contributed by atoms with Crippen LogP contribution in [0.1, 0.15) is 18.9 Å². The van der Waals surface area contributed by atoms with Gasteiger partial charge in [0.05, 0.1) is 25.0 Å². The second kappa shape index (κ2) is 6.29.